The lowest BCUT2D eigenvalue weighted by atomic mass is 9.48. The zero-order valence-corrected chi connectivity index (χ0v) is 17.8. The summed E-state index contributed by atoms with van der Waals surface area (Å²) in [6.07, 6.45) is 7.57. The molecule has 7 nitrogen and oxygen atoms in total. The molecule has 0 aromatic heterocycles. The van der Waals surface area contributed by atoms with E-state index >= 15 is 0 Å². The Labute approximate surface area is 181 Å². The molecular formula is C24H28N2O5. The number of fused-ring (bicyclic) bond motifs is 1. The third-order valence-corrected chi connectivity index (χ3v) is 7.91. The largest absolute Gasteiger partial charge is 0.454 e. The summed E-state index contributed by atoms with van der Waals surface area (Å²) in [5, 5.41) is 3.05. The number of carbonyl (C=O) groups excluding carboxylic acids is 4. The minimum absolute atomic E-state index is 0.0448. The monoisotopic (exact) mass is 424 g/mol. The number of rotatable bonds is 6. The lowest BCUT2D eigenvalue weighted by Gasteiger charge is -2.59. The lowest BCUT2D eigenvalue weighted by Crippen LogP contribution is -2.56. The average molecular weight is 424 g/mol. The zero-order valence-electron chi connectivity index (χ0n) is 17.8. The molecule has 1 N–H and O–H groups in total. The molecule has 0 radical (unpaired) electrons. The predicted molar refractivity (Wildman–Crippen MR) is 111 cm³/mol. The molecular weight excluding hydrogens is 396 g/mol. The average Bonchev–Trinajstić information content (AvgIpc) is 2.96. The molecule has 164 valence electrons. The van der Waals surface area contributed by atoms with Gasteiger partial charge in [-0.2, -0.15) is 0 Å². The number of hydrogen-bond donors (Lipinski definition) is 1. The fraction of sp³-hybridized carbons (Fsp3) is 0.583. The first-order valence-electron chi connectivity index (χ1n) is 11.2. The fourth-order valence-corrected chi connectivity index (χ4v) is 6.85. The van der Waals surface area contributed by atoms with E-state index in [2.05, 4.69) is 12.2 Å². The van der Waals surface area contributed by atoms with Gasteiger partial charge in [0.05, 0.1) is 11.1 Å². The van der Waals surface area contributed by atoms with Crippen molar-refractivity contribution in [1.29, 1.82) is 0 Å². The van der Waals surface area contributed by atoms with Crippen molar-refractivity contribution in [3.63, 3.8) is 0 Å². The molecule has 1 atom stereocenters. The normalized spacial score (nSPS) is 31.5. The second kappa shape index (κ2) is 7.46. The van der Waals surface area contributed by atoms with E-state index in [0.717, 1.165) is 22.7 Å². The first-order valence-corrected chi connectivity index (χ1v) is 11.2. The molecule has 3 amide bonds. The van der Waals surface area contributed by atoms with E-state index in [9.17, 15) is 19.2 Å². The summed E-state index contributed by atoms with van der Waals surface area (Å²) in [7, 11) is 0. The molecule has 6 rings (SSSR count). The molecule has 1 aromatic carbocycles. The standard InChI is InChI=1S/C24H28N2O5/c1-14(24-9-15-6-16(10-24)8-17(7-15)11-24)25-20(27)13-31-21(28)12-26-22(29)18-4-2-3-5-19(18)23(26)30/h2-5,14-17H,6-13H2,1H3,(H,25,27)/t14-,15?,16?,17?,24?/m0/s1. The highest BCUT2D eigenvalue weighted by molar-refractivity contribution is 6.22. The van der Waals surface area contributed by atoms with Gasteiger partial charge in [-0.3, -0.25) is 24.1 Å². The molecule has 4 saturated carbocycles. The molecule has 1 heterocycles. The van der Waals surface area contributed by atoms with Gasteiger partial charge in [-0.05, 0) is 80.8 Å². The van der Waals surface area contributed by atoms with Gasteiger partial charge in [0, 0.05) is 6.04 Å². The van der Waals surface area contributed by atoms with E-state index in [1.54, 1.807) is 24.3 Å². The quantitative estimate of drug-likeness (QED) is 0.560. The van der Waals surface area contributed by atoms with Crippen LogP contribution in [0.1, 0.15) is 66.2 Å². The van der Waals surface area contributed by atoms with Gasteiger partial charge in [-0.15, -0.1) is 0 Å². The number of imide groups is 1. The minimum atomic E-state index is -0.771. The van der Waals surface area contributed by atoms with Crippen molar-refractivity contribution in [2.24, 2.45) is 23.2 Å². The van der Waals surface area contributed by atoms with Gasteiger partial charge in [0.15, 0.2) is 6.61 Å². The van der Waals surface area contributed by atoms with Crippen LogP contribution in [0.15, 0.2) is 24.3 Å². The second-order valence-corrected chi connectivity index (χ2v) is 9.97. The first kappa shape index (κ1) is 20.2. The highest BCUT2D eigenvalue weighted by atomic mass is 16.5. The van der Waals surface area contributed by atoms with Crippen LogP contribution in [0.25, 0.3) is 0 Å². The molecule has 0 spiro atoms. The van der Waals surface area contributed by atoms with Crippen LogP contribution in [0.4, 0.5) is 0 Å². The molecule has 4 aliphatic carbocycles. The van der Waals surface area contributed by atoms with E-state index in [4.69, 9.17) is 4.74 Å². The number of hydrogen-bond acceptors (Lipinski definition) is 5. The van der Waals surface area contributed by atoms with Crippen molar-refractivity contribution in [2.75, 3.05) is 13.2 Å². The van der Waals surface area contributed by atoms with E-state index in [1.807, 2.05) is 0 Å². The lowest BCUT2D eigenvalue weighted by molar-refractivity contribution is -0.149. The van der Waals surface area contributed by atoms with Crippen molar-refractivity contribution in [3.8, 4) is 0 Å². The third kappa shape index (κ3) is 3.54. The number of nitrogens with zero attached hydrogens (tertiary/aromatic N) is 1. The number of nitrogens with one attached hydrogen (secondary N) is 1. The maximum atomic E-state index is 12.5. The summed E-state index contributed by atoms with van der Waals surface area (Å²) in [4.78, 5) is 50.2. The SMILES string of the molecule is C[C@H](NC(=O)COC(=O)CN1C(=O)c2ccccc2C1=O)C12CC3CC(CC(C3)C1)C2. The van der Waals surface area contributed by atoms with Crippen LogP contribution >= 0.6 is 0 Å². The first-order chi connectivity index (χ1) is 14.8. The van der Waals surface area contributed by atoms with Gasteiger partial charge in [-0.1, -0.05) is 12.1 Å². The van der Waals surface area contributed by atoms with E-state index in [0.29, 0.717) is 0 Å². The highest BCUT2D eigenvalue weighted by Crippen LogP contribution is 2.61. The van der Waals surface area contributed by atoms with E-state index in [1.165, 1.54) is 38.5 Å². The van der Waals surface area contributed by atoms with Crippen molar-refractivity contribution in [2.45, 2.75) is 51.5 Å². The Bertz CT molecular complexity index is 885. The van der Waals surface area contributed by atoms with Gasteiger partial charge in [-0.25, -0.2) is 0 Å². The van der Waals surface area contributed by atoms with Gasteiger partial charge in [0.2, 0.25) is 0 Å². The maximum Gasteiger partial charge on any atom is 0.326 e. The highest BCUT2D eigenvalue weighted by Gasteiger charge is 2.53. The Kier molecular flexibility index (Phi) is 4.87. The topological polar surface area (TPSA) is 92.8 Å². The van der Waals surface area contributed by atoms with Crippen molar-refractivity contribution >= 4 is 23.7 Å². The second-order valence-electron chi connectivity index (χ2n) is 9.97. The smallest absolute Gasteiger partial charge is 0.326 e. The number of carbonyl (C=O) groups is 4. The Morgan fingerprint density at radius 1 is 1.03 bits per heavy atom. The van der Waals surface area contributed by atoms with Gasteiger partial charge in [0.25, 0.3) is 17.7 Å². The van der Waals surface area contributed by atoms with Crippen LogP contribution in [0.2, 0.25) is 0 Å². The molecule has 31 heavy (non-hydrogen) atoms. The summed E-state index contributed by atoms with van der Waals surface area (Å²) in [6.45, 7) is 1.18. The Morgan fingerprint density at radius 2 is 1.55 bits per heavy atom. The third-order valence-electron chi connectivity index (χ3n) is 7.91. The fourth-order valence-electron chi connectivity index (χ4n) is 6.85. The molecule has 5 aliphatic rings. The van der Waals surface area contributed by atoms with E-state index in [-0.39, 0.29) is 28.5 Å². The molecule has 7 heteroatoms. The molecule has 4 fully saturated rings. The Hall–Kier alpha value is -2.70. The maximum absolute atomic E-state index is 12.5. The molecule has 1 aromatic rings. The minimum Gasteiger partial charge on any atom is -0.454 e. The van der Waals surface area contributed by atoms with Crippen LogP contribution in [-0.2, 0) is 14.3 Å². The summed E-state index contributed by atoms with van der Waals surface area (Å²) in [5.74, 6) is 0.246. The molecule has 0 unspecified atom stereocenters. The van der Waals surface area contributed by atoms with Crippen molar-refractivity contribution in [1.82, 2.24) is 10.2 Å². The Morgan fingerprint density at radius 3 is 2.06 bits per heavy atom. The number of benzene rings is 1. The summed E-state index contributed by atoms with van der Waals surface area (Å²) >= 11 is 0. The molecule has 4 bridgehead atoms. The van der Waals surface area contributed by atoms with Crippen LogP contribution in [0, 0.1) is 23.2 Å². The van der Waals surface area contributed by atoms with Gasteiger partial charge in [0.1, 0.15) is 6.54 Å². The summed E-state index contributed by atoms with van der Waals surface area (Å²) < 4.78 is 5.08. The molecule has 1 aliphatic heterocycles. The number of esters is 1. The summed E-state index contributed by atoms with van der Waals surface area (Å²) in [5.41, 5.74) is 0.735. The zero-order chi connectivity index (χ0) is 21.8. The van der Waals surface area contributed by atoms with Gasteiger partial charge < -0.3 is 10.1 Å². The van der Waals surface area contributed by atoms with Crippen LogP contribution in [-0.4, -0.2) is 47.8 Å². The van der Waals surface area contributed by atoms with Crippen LogP contribution < -0.4 is 5.32 Å². The van der Waals surface area contributed by atoms with Gasteiger partial charge >= 0.3 is 5.97 Å². The number of amides is 3. The van der Waals surface area contributed by atoms with E-state index < -0.39 is 30.9 Å². The molecule has 0 saturated heterocycles. The summed E-state index contributed by atoms with van der Waals surface area (Å²) in [6, 6.07) is 6.49. The van der Waals surface area contributed by atoms with Crippen molar-refractivity contribution in [3.05, 3.63) is 35.4 Å². The number of ether oxygens (including phenoxy) is 1. The Balaban J connectivity index is 1.12. The van der Waals surface area contributed by atoms with Crippen LogP contribution in [0.5, 0.6) is 0 Å². The van der Waals surface area contributed by atoms with Crippen LogP contribution in [0.3, 0.4) is 0 Å². The predicted octanol–water partition coefficient (Wildman–Crippen LogP) is 2.55. The van der Waals surface area contributed by atoms with Crippen molar-refractivity contribution < 1.29 is 23.9 Å².